The monoisotopic (exact) mass is 393 g/mol. The average Bonchev–Trinajstić information content (AvgIpc) is 3.34. The van der Waals surface area contributed by atoms with Crippen molar-refractivity contribution in [2.24, 2.45) is 0 Å². The van der Waals surface area contributed by atoms with Gasteiger partial charge in [0.25, 0.3) is 0 Å². The van der Waals surface area contributed by atoms with Crippen molar-refractivity contribution in [2.75, 3.05) is 20.3 Å². The largest absolute Gasteiger partial charge is 0.385 e. The molecule has 0 bridgehead atoms. The van der Waals surface area contributed by atoms with Crippen LogP contribution in [0.4, 0.5) is 0 Å². The first-order chi connectivity index (χ1) is 13.8. The molecule has 1 aliphatic rings. The molecule has 0 radical (unpaired) electrons. The second-order valence-corrected chi connectivity index (χ2v) is 7.06. The lowest BCUT2D eigenvalue weighted by atomic mass is 10.0. The van der Waals surface area contributed by atoms with E-state index in [4.69, 9.17) is 17.0 Å². The topological polar surface area (TPSA) is 55.2 Å². The van der Waals surface area contributed by atoms with Crippen molar-refractivity contribution in [2.45, 2.75) is 18.5 Å². The van der Waals surface area contributed by atoms with Gasteiger partial charge < -0.3 is 19.5 Å². The molecule has 6 nitrogen and oxygen atoms in total. The maximum atomic E-state index is 5.71. The van der Waals surface area contributed by atoms with Gasteiger partial charge in [-0.05, 0) is 55.0 Å². The molecule has 0 amide bonds. The van der Waals surface area contributed by atoms with Gasteiger partial charge in [0.2, 0.25) is 0 Å². The predicted octanol–water partition coefficient (Wildman–Crippen LogP) is 3.28. The number of nitrogens with zero attached hydrogens (tertiary/aromatic N) is 4. The van der Waals surface area contributed by atoms with Gasteiger partial charge in [-0.1, -0.05) is 6.07 Å². The van der Waals surface area contributed by atoms with Crippen LogP contribution in [0.2, 0.25) is 0 Å². The third-order valence-corrected chi connectivity index (χ3v) is 5.32. The molecule has 1 fully saturated rings. The van der Waals surface area contributed by atoms with Gasteiger partial charge in [-0.2, -0.15) is 0 Å². The fraction of sp³-hybridized carbons (Fsp3) is 0.286. The molecular formula is C21H23N5OS. The summed E-state index contributed by atoms with van der Waals surface area (Å²) in [6.07, 6.45) is 8.42. The van der Waals surface area contributed by atoms with Crippen LogP contribution in [-0.4, -0.2) is 44.8 Å². The van der Waals surface area contributed by atoms with Gasteiger partial charge in [-0.3, -0.25) is 9.97 Å². The van der Waals surface area contributed by atoms with Crippen molar-refractivity contribution >= 4 is 17.3 Å². The Hall–Kier alpha value is -2.77. The van der Waals surface area contributed by atoms with Crippen LogP contribution in [0.3, 0.4) is 0 Å². The molecule has 3 aromatic rings. The third-order valence-electron chi connectivity index (χ3n) is 4.97. The van der Waals surface area contributed by atoms with E-state index in [-0.39, 0.29) is 12.1 Å². The summed E-state index contributed by atoms with van der Waals surface area (Å²) in [7, 11) is 1.73. The van der Waals surface area contributed by atoms with Gasteiger partial charge in [0, 0.05) is 56.4 Å². The summed E-state index contributed by atoms with van der Waals surface area (Å²) in [5.41, 5.74) is 3.21. The zero-order valence-corrected chi connectivity index (χ0v) is 16.5. The summed E-state index contributed by atoms with van der Waals surface area (Å²) < 4.78 is 7.45. The van der Waals surface area contributed by atoms with Crippen LogP contribution in [0.1, 0.15) is 29.9 Å². The number of thiocarbonyl (C=S) groups is 1. The maximum absolute atomic E-state index is 5.71. The van der Waals surface area contributed by atoms with Crippen LogP contribution in [0.5, 0.6) is 0 Å². The number of rotatable bonds is 7. The summed E-state index contributed by atoms with van der Waals surface area (Å²) in [6.45, 7) is 1.51. The van der Waals surface area contributed by atoms with E-state index in [0.717, 1.165) is 35.2 Å². The summed E-state index contributed by atoms with van der Waals surface area (Å²) in [4.78, 5) is 11.0. The molecule has 1 N–H and O–H groups in total. The second-order valence-electron chi connectivity index (χ2n) is 6.67. The number of hydrogen-bond acceptors (Lipinski definition) is 4. The predicted molar refractivity (Wildman–Crippen MR) is 112 cm³/mol. The first kappa shape index (κ1) is 18.6. The number of ether oxygens (including phenoxy) is 1. The Balaban J connectivity index is 1.75. The molecule has 144 valence electrons. The van der Waals surface area contributed by atoms with E-state index in [1.165, 1.54) is 0 Å². The smallest absolute Gasteiger partial charge is 0.170 e. The molecule has 1 aliphatic heterocycles. The number of nitrogens with one attached hydrogen (secondary N) is 1. The molecule has 2 unspecified atom stereocenters. The molecule has 7 heteroatoms. The van der Waals surface area contributed by atoms with Crippen LogP contribution in [0.15, 0.2) is 67.3 Å². The van der Waals surface area contributed by atoms with E-state index in [9.17, 15) is 0 Å². The molecule has 0 spiro atoms. The third kappa shape index (κ3) is 3.63. The van der Waals surface area contributed by atoms with Crippen molar-refractivity contribution in [3.05, 3.63) is 78.6 Å². The summed E-state index contributed by atoms with van der Waals surface area (Å²) in [5.74, 6) is 0. The van der Waals surface area contributed by atoms with Gasteiger partial charge in [-0.15, -0.1) is 0 Å². The highest BCUT2D eigenvalue weighted by Gasteiger charge is 2.40. The number of methoxy groups -OCH3 is 1. The second kappa shape index (κ2) is 8.50. The Morgan fingerprint density at radius 2 is 1.96 bits per heavy atom. The zero-order valence-electron chi connectivity index (χ0n) is 15.7. The Kier molecular flexibility index (Phi) is 5.64. The molecule has 3 aromatic heterocycles. The van der Waals surface area contributed by atoms with Gasteiger partial charge in [0.15, 0.2) is 5.11 Å². The molecule has 1 saturated heterocycles. The van der Waals surface area contributed by atoms with E-state index in [0.29, 0.717) is 6.61 Å². The Bertz CT molecular complexity index is 915. The lowest BCUT2D eigenvalue weighted by Gasteiger charge is -2.29. The number of hydrogen-bond donors (Lipinski definition) is 1. The highest BCUT2D eigenvalue weighted by Crippen LogP contribution is 2.39. The van der Waals surface area contributed by atoms with Gasteiger partial charge >= 0.3 is 0 Å². The van der Waals surface area contributed by atoms with E-state index >= 15 is 0 Å². The van der Waals surface area contributed by atoms with E-state index in [2.05, 4.69) is 43.1 Å². The average molecular weight is 394 g/mol. The number of aromatic nitrogens is 3. The lowest BCUT2D eigenvalue weighted by molar-refractivity contribution is 0.180. The van der Waals surface area contributed by atoms with E-state index in [1.54, 1.807) is 7.11 Å². The standard InChI is InChI=1S/C21H23N5OS/c1-27-15-5-14-26-20(19(24-21(26)28)17-6-2-3-10-23-17)18-7-4-13-25(18)16-8-11-22-12-9-16/h2-4,6-13,19-20H,5,14-15H2,1H3,(H,24,28). The minimum atomic E-state index is -0.0215. The molecule has 4 heterocycles. The maximum Gasteiger partial charge on any atom is 0.170 e. The first-order valence-corrected chi connectivity index (χ1v) is 9.75. The fourth-order valence-electron chi connectivity index (χ4n) is 3.72. The van der Waals surface area contributed by atoms with Crippen LogP contribution >= 0.6 is 12.2 Å². The number of pyridine rings is 2. The van der Waals surface area contributed by atoms with Crippen molar-refractivity contribution in [3.63, 3.8) is 0 Å². The molecule has 2 atom stereocenters. The van der Waals surface area contributed by atoms with Crippen LogP contribution in [0.25, 0.3) is 5.69 Å². The Morgan fingerprint density at radius 1 is 1.11 bits per heavy atom. The van der Waals surface area contributed by atoms with E-state index < -0.39 is 0 Å². The Morgan fingerprint density at radius 3 is 2.71 bits per heavy atom. The van der Waals surface area contributed by atoms with E-state index in [1.807, 2.05) is 48.9 Å². The molecule has 4 rings (SSSR count). The zero-order chi connectivity index (χ0) is 19.3. The highest BCUT2D eigenvalue weighted by molar-refractivity contribution is 7.80. The summed E-state index contributed by atoms with van der Waals surface area (Å²) in [6, 6.07) is 14.2. The van der Waals surface area contributed by atoms with Crippen molar-refractivity contribution in [1.82, 2.24) is 24.8 Å². The molecule has 0 saturated carbocycles. The molecule has 0 aromatic carbocycles. The summed E-state index contributed by atoms with van der Waals surface area (Å²) >= 11 is 5.71. The Labute approximate surface area is 170 Å². The molecule has 28 heavy (non-hydrogen) atoms. The quantitative estimate of drug-likeness (QED) is 0.491. The minimum Gasteiger partial charge on any atom is -0.385 e. The van der Waals surface area contributed by atoms with Crippen LogP contribution in [0, 0.1) is 0 Å². The highest BCUT2D eigenvalue weighted by atomic mass is 32.1. The molecular weight excluding hydrogens is 370 g/mol. The van der Waals surface area contributed by atoms with Crippen molar-refractivity contribution in [1.29, 1.82) is 0 Å². The van der Waals surface area contributed by atoms with Crippen molar-refractivity contribution in [3.8, 4) is 5.69 Å². The van der Waals surface area contributed by atoms with Crippen molar-refractivity contribution < 1.29 is 4.74 Å². The SMILES string of the molecule is COCCCN1C(=S)NC(c2ccccn2)C1c1cccn1-c1ccncc1. The van der Waals surface area contributed by atoms with Gasteiger partial charge in [0.1, 0.15) is 0 Å². The minimum absolute atomic E-state index is 0.0215. The lowest BCUT2D eigenvalue weighted by Crippen LogP contribution is -2.32. The summed E-state index contributed by atoms with van der Waals surface area (Å²) in [5, 5.41) is 4.24. The normalized spacial score (nSPS) is 19.0. The van der Waals surface area contributed by atoms with Gasteiger partial charge in [0.05, 0.1) is 17.8 Å². The fourth-order valence-corrected chi connectivity index (χ4v) is 4.05. The van der Waals surface area contributed by atoms with Crippen LogP contribution < -0.4 is 5.32 Å². The molecule has 0 aliphatic carbocycles. The van der Waals surface area contributed by atoms with Gasteiger partial charge in [-0.25, -0.2) is 0 Å². The van der Waals surface area contributed by atoms with Crippen LogP contribution in [-0.2, 0) is 4.74 Å². The first-order valence-electron chi connectivity index (χ1n) is 9.34.